The number of carbonyl (C=O) groups is 1. The van der Waals surface area contributed by atoms with Crippen molar-refractivity contribution in [2.45, 2.75) is 18.6 Å². The third kappa shape index (κ3) is 3.79. The second-order valence-corrected chi connectivity index (χ2v) is 5.23. The van der Waals surface area contributed by atoms with Crippen molar-refractivity contribution in [1.29, 1.82) is 0 Å². The van der Waals surface area contributed by atoms with Crippen LogP contribution in [0.2, 0.25) is 0 Å². The molecular weight excluding hydrogens is 286 g/mol. The average Bonchev–Trinajstić information content (AvgIpc) is 2.84. The van der Waals surface area contributed by atoms with E-state index in [1.165, 1.54) is 35.5 Å². The molecule has 1 aromatic heterocycles. The monoisotopic (exact) mass is 301 g/mol. The van der Waals surface area contributed by atoms with Gasteiger partial charge in [-0.15, -0.1) is 11.8 Å². The fourth-order valence-electron chi connectivity index (χ4n) is 1.71. The van der Waals surface area contributed by atoms with Crippen LogP contribution in [0, 0.1) is 0 Å². The Kier molecular flexibility index (Phi) is 5.12. The first-order chi connectivity index (χ1) is 9.60. The Balaban J connectivity index is 2.03. The number of rotatable bonds is 5. The van der Waals surface area contributed by atoms with Crippen LogP contribution >= 0.6 is 11.8 Å². The van der Waals surface area contributed by atoms with E-state index >= 15 is 0 Å². The maximum atomic E-state index is 11.9. The fraction of sp³-hybridized carbons (Fsp3) is 0.545. The van der Waals surface area contributed by atoms with E-state index in [1.54, 1.807) is 0 Å². The zero-order valence-electron chi connectivity index (χ0n) is 10.8. The van der Waals surface area contributed by atoms with E-state index in [2.05, 4.69) is 10.3 Å². The minimum Gasteiger partial charge on any atom is -0.371 e. The highest BCUT2D eigenvalue weighted by Gasteiger charge is 2.28. The number of nitrogens with zero attached hydrogens (tertiary/aromatic N) is 2. The largest absolute Gasteiger partial charge is 0.371 e. The maximum absolute atomic E-state index is 11.9. The van der Waals surface area contributed by atoms with Gasteiger partial charge < -0.3 is 19.9 Å². The number of nitrogens with one attached hydrogen (secondary N) is 1. The van der Waals surface area contributed by atoms with Crippen molar-refractivity contribution in [1.82, 2.24) is 9.55 Å². The molecule has 2 N–H and O–H groups in total. The van der Waals surface area contributed by atoms with E-state index in [0.29, 0.717) is 5.75 Å². The molecule has 1 aliphatic rings. The van der Waals surface area contributed by atoms with E-state index < -0.39 is 11.9 Å². The lowest BCUT2D eigenvalue weighted by molar-refractivity contribution is -0.114. The molecule has 1 fully saturated rings. The smallest absolute Gasteiger partial charge is 0.351 e. The normalized spacial score (nSPS) is 21.9. The zero-order chi connectivity index (χ0) is 14.5. The Bertz CT molecular complexity index is 535. The number of amides is 1. The van der Waals surface area contributed by atoms with E-state index in [4.69, 9.17) is 14.6 Å². The minimum absolute atomic E-state index is 0.213. The summed E-state index contributed by atoms with van der Waals surface area (Å²) in [6.45, 7) is 1.23. The van der Waals surface area contributed by atoms with Crippen LogP contribution in [0.1, 0.15) is 13.2 Å². The first-order valence-corrected chi connectivity index (χ1v) is 6.97. The first kappa shape index (κ1) is 15.0. The number of ether oxygens (including phenoxy) is 2. The van der Waals surface area contributed by atoms with E-state index in [1.807, 2.05) is 0 Å². The Morgan fingerprint density at radius 2 is 2.55 bits per heavy atom. The SMILES string of the molecule is CC(=O)Nc1ccn(C2CSC(COCO)O2)c(=O)n1. The number of thioether (sulfide) groups is 1. The zero-order valence-corrected chi connectivity index (χ0v) is 11.6. The molecule has 2 heterocycles. The summed E-state index contributed by atoms with van der Waals surface area (Å²) >= 11 is 1.49. The number of aromatic nitrogens is 2. The van der Waals surface area contributed by atoms with Gasteiger partial charge >= 0.3 is 5.69 Å². The van der Waals surface area contributed by atoms with Gasteiger partial charge in [-0.05, 0) is 6.07 Å². The molecule has 0 bridgehead atoms. The van der Waals surface area contributed by atoms with E-state index in [9.17, 15) is 9.59 Å². The van der Waals surface area contributed by atoms with Crippen molar-refractivity contribution < 1.29 is 19.4 Å². The van der Waals surface area contributed by atoms with Crippen LogP contribution in [0.15, 0.2) is 17.1 Å². The average molecular weight is 301 g/mol. The van der Waals surface area contributed by atoms with Crippen molar-refractivity contribution in [3.05, 3.63) is 22.7 Å². The lowest BCUT2D eigenvalue weighted by Crippen LogP contribution is -2.29. The van der Waals surface area contributed by atoms with Crippen molar-refractivity contribution >= 4 is 23.5 Å². The molecular formula is C11H15N3O5S. The molecule has 0 radical (unpaired) electrons. The van der Waals surface area contributed by atoms with Crippen LogP contribution in [-0.2, 0) is 14.3 Å². The second kappa shape index (κ2) is 6.84. The van der Waals surface area contributed by atoms with Crippen LogP contribution in [0.25, 0.3) is 0 Å². The van der Waals surface area contributed by atoms with Crippen molar-refractivity contribution in [3.63, 3.8) is 0 Å². The Morgan fingerprint density at radius 3 is 3.20 bits per heavy atom. The van der Waals surface area contributed by atoms with Crippen molar-refractivity contribution in [2.75, 3.05) is 24.5 Å². The number of aliphatic hydroxyl groups excluding tert-OH is 1. The number of hydrogen-bond acceptors (Lipinski definition) is 7. The van der Waals surface area contributed by atoms with Gasteiger partial charge in [0.15, 0.2) is 0 Å². The maximum Gasteiger partial charge on any atom is 0.351 e. The molecule has 1 saturated heterocycles. The van der Waals surface area contributed by atoms with Crippen LogP contribution < -0.4 is 11.0 Å². The highest BCUT2D eigenvalue weighted by molar-refractivity contribution is 8.00. The number of hydrogen-bond donors (Lipinski definition) is 2. The molecule has 0 aromatic carbocycles. The number of aliphatic hydroxyl groups is 1. The highest BCUT2D eigenvalue weighted by atomic mass is 32.2. The molecule has 2 unspecified atom stereocenters. The molecule has 20 heavy (non-hydrogen) atoms. The highest BCUT2D eigenvalue weighted by Crippen LogP contribution is 2.30. The summed E-state index contributed by atoms with van der Waals surface area (Å²) in [6.07, 6.45) is 1.10. The summed E-state index contributed by atoms with van der Waals surface area (Å²) < 4.78 is 11.8. The van der Waals surface area contributed by atoms with Gasteiger partial charge in [0.05, 0.1) is 6.61 Å². The van der Waals surface area contributed by atoms with Crippen molar-refractivity contribution in [2.24, 2.45) is 0 Å². The van der Waals surface area contributed by atoms with Crippen LogP contribution in [-0.4, -0.2) is 45.2 Å². The Labute approximate surface area is 119 Å². The summed E-state index contributed by atoms with van der Waals surface area (Å²) in [5.41, 5.74) is -0.723. The lowest BCUT2D eigenvalue weighted by Gasteiger charge is -2.14. The molecule has 0 saturated carbocycles. The Hall–Kier alpha value is -1.42. The summed E-state index contributed by atoms with van der Waals surface area (Å²) in [4.78, 5) is 26.5. The van der Waals surface area contributed by atoms with E-state index in [0.717, 1.165) is 0 Å². The summed E-state index contributed by atoms with van der Waals surface area (Å²) in [5.74, 6) is 0.508. The van der Waals surface area contributed by atoms with Gasteiger partial charge in [0.2, 0.25) is 5.91 Å². The third-order valence-corrected chi connectivity index (χ3v) is 3.62. The summed E-state index contributed by atoms with van der Waals surface area (Å²) in [5, 5.41) is 11.0. The van der Waals surface area contributed by atoms with Gasteiger partial charge in [0.1, 0.15) is 24.3 Å². The van der Waals surface area contributed by atoms with Gasteiger partial charge in [-0.1, -0.05) is 0 Å². The van der Waals surface area contributed by atoms with Crippen LogP contribution in [0.5, 0.6) is 0 Å². The summed E-state index contributed by atoms with van der Waals surface area (Å²) in [7, 11) is 0. The van der Waals surface area contributed by atoms with Gasteiger partial charge in [-0.25, -0.2) is 4.79 Å². The molecule has 1 aliphatic heterocycles. The minimum atomic E-state index is -0.495. The second-order valence-electron chi connectivity index (χ2n) is 4.04. The molecule has 2 rings (SSSR count). The molecule has 0 aliphatic carbocycles. The fourth-order valence-corrected chi connectivity index (χ4v) is 2.73. The van der Waals surface area contributed by atoms with Gasteiger partial charge in [-0.3, -0.25) is 9.36 Å². The standard InChI is InChI=1S/C11H15N3O5S/c1-7(16)12-8-2-3-14(11(17)13-8)9-5-20-10(19-9)4-18-6-15/h2-3,9-10,15H,4-6H2,1H3,(H,12,13,16,17). The molecule has 2 atom stereocenters. The molecule has 0 spiro atoms. The Morgan fingerprint density at radius 1 is 1.75 bits per heavy atom. The number of carbonyl (C=O) groups excluding carboxylic acids is 1. The van der Waals surface area contributed by atoms with Gasteiger partial charge in [0, 0.05) is 18.9 Å². The molecule has 9 heteroatoms. The quantitative estimate of drug-likeness (QED) is 0.723. The molecule has 110 valence electrons. The molecule has 1 aromatic rings. The predicted octanol–water partition coefficient (Wildman–Crippen LogP) is -0.244. The molecule has 1 amide bonds. The van der Waals surface area contributed by atoms with E-state index in [-0.39, 0.29) is 30.6 Å². The lowest BCUT2D eigenvalue weighted by atomic mass is 10.5. The predicted molar refractivity (Wildman–Crippen MR) is 72.2 cm³/mol. The van der Waals surface area contributed by atoms with Crippen LogP contribution in [0.4, 0.5) is 5.82 Å². The topological polar surface area (TPSA) is 103 Å². The van der Waals surface area contributed by atoms with Crippen LogP contribution in [0.3, 0.4) is 0 Å². The van der Waals surface area contributed by atoms with Gasteiger partial charge in [0.25, 0.3) is 0 Å². The van der Waals surface area contributed by atoms with Crippen molar-refractivity contribution in [3.8, 4) is 0 Å². The van der Waals surface area contributed by atoms with Gasteiger partial charge in [-0.2, -0.15) is 4.98 Å². The third-order valence-electron chi connectivity index (χ3n) is 2.52. The number of anilines is 1. The first-order valence-electron chi connectivity index (χ1n) is 5.92. The summed E-state index contributed by atoms with van der Waals surface area (Å²) in [6, 6.07) is 1.54. The molecule has 8 nitrogen and oxygen atoms in total.